The van der Waals surface area contributed by atoms with Gasteiger partial charge in [0.05, 0.1) is 54.2 Å². The van der Waals surface area contributed by atoms with E-state index in [1.165, 1.54) is 70.6 Å². The number of alkyl halides is 6. The van der Waals surface area contributed by atoms with Gasteiger partial charge in [0.2, 0.25) is 11.6 Å². The van der Waals surface area contributed by atoms with Crippen LogP contribution in [0.3, 0.4) is 0 Å². The largest absolute Gasteiger partial charge is 0.466 e. The maximum Gasteiger partial charge on any atom is 0.443 e. The first-order valence-electron chi connectivity index (χ1n) is 31.4. The third-order valence-electron chi connectivity index (χ3n) is 16.5. The van der Waals surface area contributed by atoms with E-state index in [0.29, 0.717) is 80.5 Å². The Bertz CT molecular complexity index is 5750. The highest BCUT2D eigenvalue weighted by molar-refractivity contribution is 5.97. The number of nitrogens with zero attached hydrogens (tertiary/aromatic N) is 15. The van der Waals surface area contributed by atoms with Gasteiger partial charge < -0.3 is 37.8 Å². The number of anilines is 1. The van der Waals surface area contributed by atoms with Crippen LogP contribution in [0.1, 0.15) is 57.3 Å². The summed E-state index contributed by atoms with van der Waals surface area (Å²) in [4.78, 5) is 53.3. The van der Waals surface area contributed by atoms with Crippen molar-refractivity contribution in [1.82, 2.24) is 74.7 Å². The van der Waals surface area contributed by atoms with Crippen molar-refractivity contribution in [3.05, 3.63) is 260 Å². The van der Waals surface area contributed by atoms with E-state index in [9.17, 15) is 49.1 Å². The predicted molar refractivity (Wildman–Crippen MR) is 362 cm³/mol. The zero-order chi connectivity index (χ0) is 73.7. The molecule has 2 aliphatic heterocycles. The number of fused-ring (bicyclic) bond motifs is 3. The topological polar surface area (TPSA) is 302 Å². The van der Waals surface area contributed by atoms with E-state index in [1.807, 2.05) is 56.4 Å². The van der Waals surface area contributed by atoms with Gasteiger partial charge in [0.15, 0.2) is 40.3 Å². The van der Waals surface area contributed by atoms with E-state index in [-0.39, 0.29) is 75.2 Å². The van der Waals surface area contributed by atoms with Gasteiger partial charge >= 0.3 is 18.0 Å². The molecule has 0 unspecified atom stereocenters. The average Bonchev–Trinajstić information content (AvgIpc) is 0.901. The molecule has 0 saturated carbocycles. The molecule has 2 N–H and O–H groups in total. The number of H-pyrrole nitrogens is 1. The molecule has 34 heteroatoms. The van der Waals surface area contributed by atoms with Crippen LogP contribution in [0, 0.1) is 31.3 Å². The first kappa shape index (κ1) is 68.7. The van der Waals surface area contributed by atoms with Crippen LogP contribution < -0.4 is 21.0 Å². The number of ether oxygens (including phenoxy) is 2. The zero-order valence-electron chi connectivity index (χ0n) is 54.9. The molecule has 0 atom stereocenters. The van der Waals surface area contributed by atoms with Crippen molar-refractivity contribution in [2.75, 3.05) is 5.32 Å². The van der Waals surface area contributed by atoms with Crippen molar-refractivity contribution in [3.63, 3.8) is 0 Å². The maximum absolute atomic E-state index is 14.4. The lowest BCUT2D eigenvalue weighted by molar-refractivity contribution is -0.342. The molecule has 10 aromatic heterocycles. The van der Waals surface area contributed by atoms with Crippen molar-refractivity contribution >= 4 is 28.6 Å². The summed E-state index contributed by atoms with van der Waals surface area (Å²) >= 11 is 0. The average molecular weight is 1450 g/mol. The third kappa shape index (κ3) is 13.6. The van der Waals surface area contributed by atoms with Gasteiger partial charge in [-0.1, -0.05) is 94.3 Å². The molecular weight excluding hydrogens is 1390 g/mol. The number of aliphatic imine (C=N–C) groups is 1. The minimum Gasteiger partial charge on any atom is -0.466 e. The van der Waals surface area contributed by atoms with Gasteiger partial charge in [0.1, 0.15) is 87.2 Å². The van der Waals surface area contributed by atoms with Crippen molar-refractivity contribution in [2.45, 2.75) is 70.9 Å². The van der Waals surface area contributed by atoms with E-state index in [1.54, 1.807) is 84.5 Å². The minimum atomic E-state index is -5.89. The third-order valence-corrected chi connectivity index (χ3v) is 16.5. The van der Waals surface area contributed by atoms with Crippen molar-refractivity contribution in [1.29, 1.82) is 0 Å². The summed E-state index contributed by atoms with van der Waals surface area (Å²) in [5.41, 5.74) is -0.328. The Labute approximate surface area is 588 Å². The smallest absolute Gasteiger partial charge is 0.443 e. The number of aromatic nitrogens is 15. The molecule has 536 valence electrons. The molecule has 2 aliphatic rings. The summed E-state index contributed by atoms with van der Waals surface area (Å²) in [5, 5.41) is 27.1. The molecule has 0 aliphatic carbocycles. The van der Waals surface area contributed by atoms with Gasteiger partial charge in [-0.25, -0.2) is 33.1 Å². The molecular formula is C71H56F9N17O8. The molecule has 0 spiro atoms. The number of benzene rings is 4. The molecule has 12 heterocycles. The number of halogens is 9. The van der Waals surface area contributed by atoms with Gasteiger partial charge in [0.25, 0.3) is 5.56 Å². The summed E-state index contributed by atoms with van der Waals surface area (Å²) in [6.07, 6.45) is -5.20. The Morgan fingerprint density at radius 1 is 0.562 bits per heavy atom. The Kier molecular flexibility index (Phi) is 17.8. The molecule has 16 rings (SSSR count). The van der Waals surface area contributed by atoms with E-state index in [2.05, 4.69) is 61.9 Å². The number of hydrogen-bond donors (Lipinski definition) is 2. The first-order chi connectivity index (χ1) is 50.3. The van der Waals surface area contributed by atoms with E-state index >= 15 is 0 Å². The summed E-state index contributed by atoms with van der Waals surface area (Å²) in [5.74, 6) is -0.896. The highest BCUT2D eigenvalue weighted by Crippen LogP contribution is 2.53. The number of rotatable bonds is 13. The lowest BCUT2D eigenvalue weighted by Crippen LogP contribution is -2.64. The van der Waals surface area contributed by atoms with Crippen LogP contribution in [0.2, 0.25) is 0 Å². The van der Waals surface area contributed by atoms with E-state index in [4.69, 9.17) is 37.8 Å². The molecule has 0 fully saturated rings. The lowest BCUT2D eigenvalue weighted by Gasteiger charge is -2.41. The monoisotopic (exact) mass is 1450 g/mol. The van der Waals surface area contributed by atoms with Gasteiger partial charge in [-0.2, -0.15) is 51.6 Å². The summed E-state index contributed by atoms with van der Waals surface area (Å²) in [6.45, 7) is 10.7. The Morgan fingerprint density at radius 2 is 1.04 bits per heavy atom. The summed E-state index contributed by atoms with van der Waals surface area (Å²) in [7, 11) is 0. The van der Waals surface area contributed by atoms with Crippen LogP contribution in [0.5, 0.6) is 5.75 Å². The van der Waals surface area contributed by atoms with Crippen molar-refractivity contribution in [3.8, 4) is 74.5 Å². The fourth-order valence-corrected chi connectivity index (χ4v) is 11.2. The Morgan fingerprint density at radius 3 is 1.52 bits per heavy atom. The van der Waals surface area contributed by atoms with Gasteiger partial charge in [-0.15, -0.1) is 0 Å². The standard InChI is InChI=1S/C28H23FN6O2.C22H13F7N6O2.C21H14FN5O4.3H2/c1-17-8-10-18(11-9-17)27-32-25-20(28(2,3)37-27)15-30-26(31-25)23-14-24(22-12-13-36-34-22)35(33-23)16-19-6-4-5-7-21(19)29;1-11-20(21(24,25)26,22(27,28)29)37-17-9-30-18(32-19(17)31-11)15-8-16(14-6-7-36-34-14)35(33-15)10-12-4-2-3-5-13(12)23;1-11-8-17(28)18-20(29)23-19(24-21(18)31-11)15-9-16(14-6-7-30-26-14)27(25-15)10-12-4-2-3-5-13(12)22;;;/h4-15H,16H2,1-3H3;2-9H,1,10H2,(H,30,31,32);2-9H,10H2,1H3,(H,23,24,29);3*1H/i;;;3*1+1. The molecule has 14 aromatic rings. The van der Waals surface area contributed by atoms with Crippen molar-refractivity contribution in [2.24, 2.45) is 4.99 Å². The second-order valence-electron chi connectivity index (χ2n) is 24.1. The van der Waals surface area contributed by atoms with Crippen molar-refractivity contribution < 1.29 is 71.3 Å². The predicted octanol–water partition coefficient (Wildman–Crippen LogP) is 14.8. The quantitative estimate of drug-likeness (QED) is 0.101. The molecule has 25 nitrogen and oxygen atoms in total. The summed E-state index contributed by atoms with van der Waals surface area (Å²) in [6, 6.07) is 37.9. The summed E-state index contributed by atoms with van der Waals surface area (Å²) < 4.78 is 160. The normalized spacial score (nSPS) is 13.6. The SMILES string of the molecule is C=C1Nc2nc(-c3cc(-c4ccon4)n(Cc4ccccc4F)n3)ncc2OC1(C(F)(F)F)C(F)(F)F.Cc1cc(=O)c2c(=O)[nH]c(-c3cc(-c4ccon4)n(Cc4ccccc4F)n3)nc2o1.Cc1ccc(C2=Nc3nc(-c4cc(-c5ccon5)n(Cc5ccccc5F)n4)ncc3C(C)(C)O2)cc1.[2HH].[2HH].[2HH]. The highest BCUT2D eigenvalue weighted by Gasteiger charge is 2.77. The van der Waals surface area contributed by atoms with Crippen LogP contribution in [0.15, 0.2) is 216 Å². The number of hydrogen-bond acceptors (Lipinski definition) is 21. The fraction of sp³-hybridized carbons (Fsp3) is 0.155. The highest BCUT2D eigenvalue weighted by atomic mass is 19.4. The lowest BCUT2D eigenvalue weighted by atomic mass is 9.96. The molecule has 105 heavy (non-hydrogen) atoms. The zero-order valence-corrected chi connectivity index (χ0v) is 54.9. The Hall–Kier alpha value is -13.4. The van der Waals surface area contributed by atoms with E-state index < -0.39 is 57.6 Å². The number of aryl methyl sites for hydroxylation is 2. The molecule has 0 amide bonds. The van der Waals surface area contributed by atoms with Crippen LogP contribution in [-0.4, -0.2) is 98.6 Å². The second-order valence-corrected chi connectivity index (χ2v) is 24.1. The maximum atomic E-state index is 14.4. The molecule has 0 radical (unpaired) electrons. The van der Waals surface area contributed by atoms with Crippen LogP contribution >= 0.6 is 0 Å². The van der Waals surface area contributed by atoms with Gasteiger partial charge in [0, 0.05) is 57.0 Å². The minimum absolute atomic E-state index is 0. The van der Waals surface area contributed by atoms with Gasteiger partial charge in [-0.05, 0) is 76.2 Å². The molecule has 4 aromatic carbocycles. The first-order valence-corrected chi connectivity index (χ1v) is 31.4. The molecule has 0 saturated heterocycles. The molecule has 0 bridgehead atoms. The Balaban J connectivity index is 0.000000160. The van der Waals surface area contributed by atoms with Gasteiger partial charge in [-0.3, -0.25) is 23.6 Å². The van der Waals surface area contributed by atoms with Crippen LogP contribution in [-0.2, 0) is 30.0 Å². The van der Waals surface area contributed by atoms with E-state index in [0.717, 1.165) is 16.7 Å². The number of nitrogens with one attached hydrogen (secondary N) is 2. The van der Waals surface area contributed by atoms with Crippen LogP contribution in [0.25, 0.3) is 79.8 Å². The van der Waals surface area contributed by atoms with Crippen LogP contribution in [0.4, 0.5) is 51.1 Å². The second kappa shape index (κ2) is 27.2. The fourth-order valence-electron chi connectivity index (χ4n) is 11.2. The number of aromatic amines is 1.